The van der Waals surface area contributed by atoms with Gasteiger partial charge in [-0.2, -0.15) is 0 Å². The number of hydrogen-bond donors (Lipinski definition) is 4. The average molecular weight is 610 g/mol. The molecule has 2 amide bonds. The van der Waals surface area contributed by atoms with E-state index in [1.165, 1.54) is 0 Å². The number of carbonyl (C=O) groups is 2. The van der Waals surface area contributed by atoms with Crippen molar-refractivity contribution in [3.8, 4) is 11.5 Å². The maximum absolute atomic E-state index is 13.2. The van der Waals surface area contributed by atoms with Crippen molar-refractivity contribution in [2.24, 2.45) is 34.8 Å². The molecule has 0 saturated heterocycles. The molecule has 43 heavy (non-hydrogen) atoms. The molecular formula is C33H59N3O7. The Hall–Kier alpha value is -2.56. The van der Waals surface area contributed by atoms with Crippen LogP contribution in [0, 0.1) is 29.1 Å². The van der Waals surface area contributed by atoms with Gasteiger partial charge in [-0.1, -0.05) is 47.6 Å². The highest BCUT2D eigenvalue weighted by Crippen LogP contribution is 2.32. The number of carbonyl (C=O) groups excluding carboxylic acids is 2. The number of rotatable bonds is 21. The van der Waals surface area contributed by atoms with Crippen molar-refractivity contribution < 1.29 is 33.6 Å². The summed E-state index contributed by atoms with van der Waals surface area (Å²) in [5.74, 6) is 1.44. The van der Waals surface area contributed by atoms with Crippen LogP contribution < -0.4 is 25.8 Å². The summed E-state index contributed by atoms with van der Waals surface area (Å²) >= 11 is 0. The molecule has 5 N–H and O–H groups in total. The van der Waals surface area contributed by atoms with Crippen molar-refractivity contribution in [3.63, 3.8) is 0 Å². The third-order valence-corrected chi connectivity index (χ3v) is 7.85. The lowest BCUT2D eigenvalue weighted by molar-refractivity contribution is -0.128. The molecule has 0 heterocycles. The smallest absolute Gasteiger partial charge is 0.407 e. The van der Waals surface area contributed by atoms with Crippen LogP contribution in [0.1, 0.15) is 73.3 Å². The Morgan fingerprint density at radius 3 is 2.23 bits per heavy atom. The number of nitrogens with two attached hydrogens (primary N) is 1. The molecular weight excluding hydrogens is 550 g/mol. The number of nitrogens with one attached hydrogen (secondary N) is 2. The average Bonchev–Trinajstić information content (AvgIpc) is 2.95. The van der Waals surface area contributed by atoms with Crippen LogP contribution in [0.5, 0.6) is 11.5 Å². The summed E-state index contributed by atoms with van der Waals surface area (Å²) in [5, 5.41) is 16.9. The Bertz CT molecular complexity index is 954. The first-order valence-electron chi connectivity index (χ1n) is 15.6. The van der Waals surface area contributed by atoms with Crippen LogP contribution in [-0.2, 0) is 20.7 Å². The molecule has 10 heteroatoms. The summed E-state index contributed by atoms with van der Waals surface area (Å²) in [7, 11) is 3.30. The van der Waals surface area contributed by atoms with Gasteiger partial charge in [0.2, 0.25) is 5.91 Å². The zero-order valence-electron chi connectivity index (χ0n) is 28.0. The summed E-state index contributed by atoms with van der Waals surface area (Å²) in [6.45, 7) is 16.1. The number of hydrogen-bond acceptors (Lipinski definition) is 8. The molecule has 0 bridgehead atoms. The second-order valence-electron chi connectivity index (χ2n) is 12.9. The SMILES string of the molecule is CCOC(=O)NCC(C)(C)CNC(=O)[C@@H](C[C@H](O)[C@@H](N)C[C@H](Cc1ccc(OC)c(OCCCOC)c1)C(C)C)C(C)C. The Balaban J connectivity index is 2.81. The van der Waals surface area contributed by atoms with E-state index < -0.39 is 24.2 Å². The van der Waals surface area contributed by atoms with Gasteiger partial charge in [0.15, 0.2) is 11.5 Å². The van der Waals surface area contributed by atoms with E-state index >= 15 is 0 Å². The van der Waals surface area contributed by atoms with Gasteiger partial charge in [-0.05, 0) is 67.1 Å². The third-order valence-electron chi connectivity index (χ3n) is 7.85. The lowest BCUT2D eigenvalue weighted by Crippen LogP contribution is -2.46. The minimum absolute atomic E-state index is 0.0186. The van der Waals surface area contributed by atoms with Gasteiger partial charge in [-0.3, -0.25) is 4.79 Å². The topological polar surface area (TPSA) is 141 Å². The van der Waals surface area contributed by atoms with Gasteiger partial charge in [-0.25, -0.2) is 4.79 Å². The van der Waals surface area contributed by atoms with Gasteiger partial charge >= 0.3 is 6.09 Å². The van der Waals surface area contributed by atoms with E-state index in [9.17, 15) is 14.7 Å². The number of aliphatic hydroxyl groups is 1. The molecule has 248 valence electrons. The number of methoxy groups -OCH3 is 2. The third kappa shape index (κ3) is 14.6. The van der Waals surface area contributed by atoms with E-state index in [0.29, 0.717) is 56.7 Å². The standard InChI is InChI=1S/C33H59N3O7/c1-10-42-32(39)36-21-33(6,7)20-35-31(38)26(23(4)5)19-28(37)27(34)18-25(22(2)3)16-24-12-13-29(41-9)30(17-24)43-15-11-14-40-8/h12-13,17,22-23,25-28,37H,10-11,14-16,18-21,34H2,1-9H3,(H,35,38)(H,36,39)/t25-,26-,27-,28-/m0/s1. The molecule has 0 spiro atoms. The highest BCUT2D eigenvalue weighted by atomic mass is 16.5. The van der Waals surface area contributed by atoms with Gasteiger partial charge in [0, 0.05) is 45.2 Å². The van der Waals surface area contributed by atoms with Crippen molar-refractivity contribution >= 4 is 12.0 Å². The number of aliphatic hydroxyl groups excluding tert-OH is 1. The molecule has 0 saturated carbocycles. The first kappa shape index (κ1) is 38.5. The second kappa shape index (κ2) is 19.7. The van der Waals surface area contributed by atoms with Gasteiger partial charge in [0.25, 0.3) is 0 Å². The van der Waals surface area contributed by atoms with Crippen LogP contribution >= 0.6 is 0 Å². The Morgan fingerprint density at radius 1 is 0.977 bits per heavy atom. The summed E-state index contributed by atoms with van der Waals surface area (Å²) < 4.78 is 21.5. The van der Waals surface area contributed by atoms with Gasteiger partial charge in [-0.15, -0.1) is 0 Å². The normalized spacial score (nSPS) is 14.6. The maximum atomic E-state index is 13.2. The molecule has 0 aromatic heterocycles. The van der Waals surface area contributed by atoms with Crippen molar-refractivity contribution in [2.45, 2.75) is 86.3 Å². The first-order valence-corrected chi connectivity index (χ1v) is 15.6. The van der Waals surface area contributed by atoms with Crippen LogP contribution in [-0.4, -0.2) is 76.4 Å². The van der Waals surface area contributed by atoms with E-state index in [-0.39, 0.29) is 29.6 Å². The van der Waals surface area contributed by atoms with E-state index in [1.54, 1.807) is 21.1 Å². The molecule has 1 aromatic carbocycles. The minimum atomic E-state index is -0.826. The predicted octanol–water partition coefficient (Wildman–Crippen LogP) is 4.55. The first-order chi connectivity index (χ1) is 20.2. The van der Waals surface area contributed by atoms with Crippen LogP contribution in [0.25, 0.3) is 0 Å². The van der Waals surface area contributed by atoms with Crippen molar-refractivity contribution in [2.75, 3.05) is 47.1 Å². The van der Waals surface area contributed by atoms with Gasteiger partial charge < -0.3 is 40.4 Å². The van der Waals surface area contributed by atoms with E-state index in [2.05, 4.69) is 24.5 Å². The largest absolute Gasteiger partial charge is 0.493 e. The van der Waals surface area contributed by atoms with E-state index in [4.69, 9.17) is 24.7 Å². The Kier molecular flexibility index (Phi) is 17.6. The number of benzene rings is 1. The predicted molar refractivity (Wildman–Crippen MR) is 170 cm³/mol. The van der Waals surface area contributed by atoms with Crippen LogP contribution in [0.2, 0.25) is 0 Å². The molecule has 0 radical (unpaired) electrons. The summed E-state index contributed by atoms with van der Waals surface area (Å²) in [6.07, 6.45) is 1.16. The number of ether oxygens (including phenoxy) is 4. The van der Waals surface area contributed by atoms with Crippen LogP contribution in [0.3, 0.4) is 0 Å². The molecule has 0 aliphatic heterocycles. The monoisotopic (exact) mass is 609 g/mol. The summed E-state index contributed by atoms with van der Waals surface area (Å²) in [5.41, 5.74) is 7.31. The molecule has 10 nitrogen and oxygen atoms in total. The van der Waals surface area contributed by atoms with E-state index in [0.717, 1.165) is 18.4 Å². The quantitative estimate of drug-likeness (QED) is 0.149. The minimum Gasteiger partial charge on any atom is -0.493 e. The van der Waals surface area contributed by atoms with Crippen LogP contribution in [0.4, 0.5) is 4.79 Å². The Labute approximate surface area is 259 Å². The lowest BCUT2D eigenvalue weighted by Gasteiger charge is -2.31. The highest BCUT2D eigenvalue weighted by molar-refractivity contribution is 5.79. The molecule has 0 unspecified atom stereocenters. The molecule has 1 rings (SSSR count). The summed E-state index contributed by atoms with van der Waals surface area (Å²) in [4.78, 5) is 24.8. The van der Waals surface area contributed by atoms with Crippen molar-refractivity contribution in [3.05, 3.63) is 23.8 Å². The zero-order chi connectivity index (χ0) is 32.6. The molecule has 0 fully saturated rings. The fourth-order valence-corrected chi connectivity index (χ4v) is 4.88. The molecule has 0 aliphatic rings. The van der Waals surface area contributed by atoms with E-state index in [1.807, 2.05) is 45.9 Å². The fourth-order valence-electron chi connectivity index (χ4n) is 4.88. The summed E-state index contributed by atoms with van der Waals surface area (Å²) in [6, 6.07) is 5.51. The lowest BCUT2D eigenvalue weighted by atomic mass is 9.80. The van der Waals surface area contributed by atoms with Crippen molar-refractivity contribution in [1.29, 1.82) is 0 Å². The number of alkyl carbamates (subject to hydrolysis) is 1. The van der Waals surface area contributed by atoms with Gasteiger partial charge in [0.05, 0.1) is 26.4 Å². The van der Waals surface area contributed by atoms with Crippen molar-refractivity contribution in [1.82, 2.24) is 10.6 Å². The molecule has 4 atom stereocenters. The molecule has 0 aliphatic carbocycles. The van der Waals surface area contributed by atoms with Crippen LogP contribution in [0.15, 0.2) is 18.2 Å². The Morgan fingerprint density at radius 2 is 1.65 bits per heavy atom. The van der Waals surface area contributed by atoms with Gasteiger partial charge in [0.1, 0.15) is 0 Å². The zero-order valence-corrected chi connectivity index (χ0v) is 28.0. The maximum Gasteiger partial charge on any atom is 0.407 e. The second-order valence-corrected chi connectivity index (χ2v) is 12.9. The number of amides is 2. The molecule has 1 aromatic rings. The fraction of sp³-hybridized carbons (Fsp3) is 0.758. The highest BCUT2D eigenvalue weighted by Gasteiger charge is 2.31.